The van der Waals surface area contributed by atoms with Crippen LogP contribution in [0.1, 0.15) is 25.5 Å². The van der Waals surface area contributed by atoms with Gasteiger partial charge in [0.05, 0.1) is 0 Å². The van der Waals surface area contributed by atoms with Crippen LogP contribution < -0.4 is 0 Å². The highest BCUT2D eigenvalue weighted by atomic mass is 32.1. The van der Waals surface area contributed by atoms with Gasteiger partial charge in [0.25, 0.3) is 0 Å². The lowest BCUT2D eigenvalue weighted by atomic mass is 9.98. The zero-order valence-electron chi connectivity index (χ0n) is 10.2. The molecule has 0 spiro atoms. The van der Waals surface area contributed by atoms with E-state index in [1.165, 1.54) is 31.6 Å². The van der Waals surface area contributed by atoms with Crippen molar-refractivity contribution in [1.82, 2.24) is 14.5 Å². The van der Waals surface area contributed by atoms with Gasteiger partial charge in [-0.25, -0.2) is 0 Å². The summed E-state index contributed by atoms with van der Waals surface area (Å²) in [7, 11) is 2.21. The van der Waals surface area contributed by atoms with Gasteiger partial charge in [-0.2, -0.15) is 0 Å². The first-order valence-electron chi connectivity index (χ1n) is 6.16. The normalized spacial score (nSPS) is 22.5. The smallest absolute Gasteiger partial charge is 0.177 e. The summed E-state index contributed by atoms with van der Waals surface area (Å²) in [4.78, 5) is 5.58. The molecule has 1 atom stereocenters. The number of aromatic nitrogens is 2. The molecule has 1 saturated heterocycles. The van der Waals surface area contributed by atoms with E-state index >= 15 is 0 Å². The highest BCUT2D eigenvalue weighted by molar-refractivity contribution is 7.71. The first kappa shape index (κ1) is 11.9. The fraction of sp³-hybridized carbons (Fsp3) is 0.750. The molecular weight excluding hydrogens is 218 g/mol. The maximum absolute atomic E-state index is 5.33. The molecule has 1 aromatic heterocycles. The Hall–Kier alpha value is -0.610. The van der Waals surface area contributed by atoms with Crippen molar-refractivity contribution in [3.05, 3.63) is 16.7 Å². The molecule has 1 unspecified atom stereocenters. The van der Waals surface area contributed by atoms with Gasteiger partial charge in [0, 0.05) is 25.0 Å². The van der Waals surface area contributed by atoms with E-state index in [0.29, 0.717) is 0 Å². The molecule has 1 aromatic rings. The molecule has 16 heavy (non-hydrogen) atoms. The van der Waals surface area contributed by atoms with E-state index in [-0.39, 0.29) is 0 Å². The Morgan fingerprint density at radius 1 is 1.56 bits per heavy atom. The highest BCUT2D eigenvalue weighted by Gasteiger charge is 2.18. The number of rotatable bonds is 3. The number of likely N-dealkylation sites (tertiary alicyclic amines) is 1. The van der Waals surface area contributed by atoms with Crippen molar-refractivity contribution < 1.29 is 0 Å². The maximum Gasteiger partial charge on any atom is 0.177 e. The minimum atomic E-state index is 0.756. The molecular formula is C12H21N3S. The lowest BCUT2D eigenvalue weighted by Gasteiger charge is -2.30. The second-order valence-electron chi connectivity index (χ2n) is 4.82. The van der Waals surface area contributed by atoms with Crippen LogP contribution in [0.3, 0.4) is 0 Å². The SMILES string of the molecule is CCc1c[nH]c(=S)n1CC1CCCN(C)C1. The molecule has 0 radical (unpaired) electrons. The molecule has 1 aliphatic rings. The van der Waals surface area contributed by atoms with Gasteiger partial charge < -0.3 is 14.5 Å². The molecule has 2 heterocycles. The third-order valence-corrected chi connectivity index (χ3v) is 3.82. The molecule has 1 fully saturated rings. The number of piperidine rings is 1. The van der Waals surface area contributed by atoms with E-state index in [1.807, 2.05) is 0 Å². The van der Waals surface area contributed by atoms with E-state index in [1.54, 1.807) is 0 Å². The number of nitrogens with zero attached hydrogens (tertiary/aromatic N) is 2. The van der Waals surface area contributed by atoms with Crippen LogP contribution in [0.5, 0.6) is 0 Å². The first-order valence-corrected chi connectivity index (χ1v) is 6.57. The summed E-state index contributed by atoms with van der Waals surface area (Å²) in [6.45, 7) is 5.71. The van der Waals surface area contributed by atoms with E-state index in [0.717, 1.165) is 23.7 Å². The van der Waals surface area contributed by atoms with Crippen LogP contribution in [0.2, 0.25) is 0 Å². The van der Waals surface area contributed by atoms with Crippen LogP contribution in [-0.2, 0) is 13.0 Å². The summed E-state index contributed by atoms with van der Waals surface area (Å²) in [5.41, 5.74) is 1.33. The summed E-state index contributed by atoms with van der Waals surface area (Å²) >= 11 is 5.33. The zero-order valence-corrected chi connectivity index (χ0v) is 11.0. The topological polar surface area (TPSA) is 24.0 Å². The molecule has 0 amide bonds. The van der Waals surface area contributed by atoms with Gasteiger partial charge in [-0.3, -0.25) is 0 Å². The Morgan fingerprint density at radius 2 is 2.38 bits per heavy atom. The van der Waals surface area contributed by atoms with Gasteiger partial charge in [0.1, 0.15) is 0 Å². The maximum atomic E-state index is 5.33. The monoisotopic (exact) mass is 239 g/mol. The number of aromatic amines is 1. The Balaban J connectivity index is 2.07. The van der Waals surface area contributed by atoms with Crippen molar-refractivity contribution in [2.45, 2.75) is 32.7 Å². The molecule has 2 rings (SSSR count). The van der Waals surface area contributed by atoms with E-state index in [4.69, 9.17) is 12.2 Å². The van der Waals surface area contributed by atoms with Crippen molar-refractivity contribution in [3.63, 3.8) is 0 Å². The lowest BCUT2D eigenvalue weighted by molar-refractivity contribution is 0.193. The zero-order chi connectivity index (χ0) is 11.5. The molecule has 1 aliphatic heterocycles. The third kappa shape index (κ3) is 2.55. The molecule has 3 nitrogen and oxygen atoms in total. The van der Waals surface area contributed by atoms with Crippen LogP contribution in [0.4, 0.5) is 0 Å². The van der Waals surface area contributed by atoms with Crippen LogP contribution in [0, 0.1) is 10.7 Å². The fourth-order valence-corrected chi connectivity index (χ4v) is 2.86. The number of aryl methyl sites for hydroxylation is 1. The number of hydrogen-bond acceptors (Lipinski definition) is 2. The Bertz CT molecular complexity index is 393. The minimum absolute atomic E-state index is 0.756. The Morgan fingerprint density at radius 3 is 3.06 bits per heavy atom. The van der Waals surface area contributed by atoms with Crippen LogP contribution in [-0.4, -0.2) is 34.6 Å². The van der Waals surface area contributed by atoms with Gasteiger partial charge in [-0.05, 0) is 51.0 Å². The second kappa shape index (κ2) is 5.15. The molecule has 0 aromatic carbocycles. The standard InChI is InChI=1S/C12H21N3S/c1-3-11-7-13-12(16)15(11)9-10-5-4-6-14(2)8-10/h7,10H,3-6,8-9H2,1-2H3,(H,13,16). The minimum Gasteiger partial charge on any atom is -0.337 e. The predicted molar refractivity (Wildman–Crippen MR) is 69.2 cm³/mol. The van der Waals surface area contributed by atoms with Crippen molar-refractivity contribution in [2.24, 2.45) is 5.92 Å². The van der Waals surface area contributed by atoms with Crippen molar-refractivity contribution in [3.8, 4) is 0 Å². The van der Waals surface area contributed by atoms with Gasteiger partial charge in [-0.1, -0.05) is 6.92 Å². The summed E-state index contributed by atoms with van der Waals surface area (Å²) < 4.78 is 3.16. The summed E-state index contributed by atoms with van der Waals surface area (Å²) in [5.74, 6) is 0.756. The predicted octanol–water partition coefficient (Wildman–Crippen LogP) is 2.45. The van der Waals surface area contributed by atoms with Gasteiger partial charge in [-0.15, -0.1) is 0 Å². The quantitative estimate of drug-likeness (QED) is 0.819. The number of H-pyrrole nitrogens is 1. The van der Waals surface area contributed by atoms with Gasteiger partial charge >= 0.3 is 0 Å². The summed E-state index contributed by atoms with van der Waals surface area (Å²) in [6, 6.07) is 0. The van der Waals surface area contributed by atoms with E-state index in [9.17, 15) is 0 Å². The fourth-order valence-electron chi connectivity index (χ4n) is 2.60. The number of hydrogen-bond donors (Lipinski definition) is 1. The van der Waals surface area contributed by atoms with E-state index in [2.05, 4.69) is 34.6 Å². The third-order valence-electron chi connectivity index (χ3n) is 3.48. The van der Waals surface area contributed by atoms with Crippen LogP contribution >= 0.6 is 12.2 Å². The first-order chi connectivity index (χ1) is 7.70. The molecule has 90 valence electrons. The molecule has 0 bridgehead atoms. The number of nitrogens with one attached hydrogen (secondary N) is 1. The molecule has 4 heteroatoms. The van der Waals surface area contributed by atoms with Crippen molar-refractivity contribution in [2.75, 3.05) is 20.1 Å². The average molecular weight is 239 g/mol. The highest BCUT2D eigenvalue weighted by Crippen LogP contribution is 2.18. The number of imidazole rings is 1. The van der Waals surface area contributed by atoms with Crippen LogP contribution in [0.25, 0.3) is 0 Å². The van der Waals surface area contributed by atoms with Crippen molar-refractivity contribution in [1.29, 1.82) is 0 Å². The summed E-state index contributed by atoms with van der Waals surface area (Å²) in [6.07, 6.45) is 5.76. The largest absolute Gasteiger partial charge is 0.337 e. The second-order valence-corrected chi connectivity index (χ2v) is 5.21. The molecule has 0 saturated carbocycles. The molecule has 1 N–H and O–H groups in total. The van der Waals surface area contributed by atoms with Crippen molar-refractivity contribution >= 4 is 12.2 Å². The Kier molecular flexibility index (Phi) is 3.82. The average Bonchev–Trinajstić information content (AvgIpc) is 2.60. The molecule has 0 aliphatic carbocycles. The van der Waals surface area contributed by atoms with Gasteiger partial charge in [0.15, 0.2) is 4.77 Å². The van der Waals surface area contributed by atoms with Crippen LogP contribution in [0.15, 0.2) is 6.20 Å². The lowest BCUT2D eigenvalue weighted by Crippen LogP contribution is -2.34. The Labute approximate surface area is 102 Å². The summed E-state index contributed by atoms with van der Waals surface area (Å²) in [5, 5.41) is 0. The van der Waals surface area contributed by atoms with E-state index < -0.39 is 0 Å². The van der Waals surface area contributed by atoms with Gasteiger partial charge in [0.2, 0.25) is 0 Å².